The van der Waals surface area contributed by atoms with Crippen molar-refractivity contribution in [2.45, 2.75) is 45.6 Å². The minimum Gasteiger partial charge on any atom is -0.349 e. The van der Waals surface area contributed by atoms with Crippen molar-refractivity contribution in [3.63, 3.8) is 0 Å². The zero-order valence-corrected chi connectivity index (χ0v) is 13.6. The van der Waals surface area contributed by atoms with E-state index in [1.165, 1.54) is 23.7 Å². The fraction of sp³-hybridized carbons (Fsp3) is 0.500. The number of hydrogen-bond acceptors (Lipinski definition) is 1. The van der Waals surface area contributed by atoms with Crippen molar-refractivity contribution in [3.8, 4) is 0 Å². The summed E-state index contributed by atoms with van der Waals surface area (Å²) in [6, 6.07) is 9.09. The second kappa shape index (κ2) is 6.79. The molecular weight excluding hydrogens is 260 g/mol. The molecule has 1 unspecified atom stereocenters. The van der Waals surface area contributed by atoms with Crippen molar-refractivity contribution >= 4 is 16.8 Å². The van der Waals surface area contributed by atoms with E-state index in [0.717, 1.165) is 12.0 Å². The molecular formula is C18H26N2O. The molecule has 0 saturated heterocycles. The SMILES string of the molecule is CCCC(CC)n1ccc2ccc(CC(=O)N(C)C)cc21. The first kappa shape index (κ1) is 15.6. The molecule has 114 valence electrons. The molecule has 0 bridgehead atoms. The highest BCUT2D eigenvalue weighted by atomic mass is 16.2. The van der Waals surface area contributed by atoms with Gasteiger partial charge in [-0.15, -0.1) is 0 Å². The molecule has 0 radical (unpaired) electrons. The van der Waals surface area contributed by atoms with E-state index in [2.05, 4.69) is 48.9 Å². The molecule has 1 atom stereocenters. The number of benzene rings is 1. The first-order valence-corrected chi connectivity index (χ1v) is 7.86. The lowest BCUT2D eigenvalue weighted by atomic mass is 10.1. The summed E-state index contributed by atoms with van der Waals surface area (Å²) >= 11 is 0. The van der Waals surface area contributed by atoms with Crippen molar-refractivity contribution in [2.75, 3.05) is 14.1 Å². The topological polar surface area (TPSA) is 25.2 Å². The van der Waals surface area contributed by atoms with Crippen LogP contribution in [-0.2, 0) is 11.2 Å². The zero-order chi connectivity index (χ0) is 15.4. The van der Waals surface area contributed by atoms with Crippen LogP contribution < -0.4 is 0 Å². The van der Waals surface area contributed by atoms with Gasteiger partial charge in [0.15, 0.2) is 0 Å². The van der Waals surface area contributed by atoms with Gasteiger partial charge in [-0.2, -0.15) is 0 Å². The number of aromatic nitrogens is 1. The molecule has 1 heterocycles. The Balaban J connectivity index is 2.34. The van der Waals surface area contributed by atoms with Gasteiger partial charge in [-0.3, -0.25) is 4.79 Å². The molecule has 0 fully saturated rings. The van der Waals surface area contributed by atoms with Gasteiger partial charge in [0, 0.05) is 31.9 Å². The summed E-state index contributed by atoms with van der Waals surface area (Å²) in [4.78, 5) is 13.5. The minimum atomic E-state index is 0.146. The van der Waals surface area contributed by atoms with Gasteiger partial charge < -0.3 is 9.47 Å². The first-order chi connectivity index (χ1) is 10.1. The Hall–Kier alpha value is -1.77. The fourth-order valence-corrected chi connectivity index (χ4v) is 2.83. The van der Waals surface area contributed by atoms with Gasteiger partial charge in [-0.25, -0.2) is 0 Å². The molecule has 21 heavy (non-hydrogen) atoms. The fourth-order valence-electron chi connectivity index (χ4n) is 2.83. The monoisotopic (exact) mass is 286 g/mol. The van der Waals surface area contributed by atoms with Gasteiger partial charge in [-0.1, -0.05) is 32.4 Å². The zero-order valence-electron chi connectivity index (χ0n) is 13.6. The van der Waals surface area contributed by atoms with Crippen LogP contribution in [0, 0.1) is 0 Å². The van der Waals surface area contributed by atoms with Crippen molar-refractivity contribution < 1.29 is 4.79 Å². The van der Waals surface area contributed by atoms with Crippen molar-refractivity contribution in [1.82, 2.24) is 9.47 Å². The molecule has 1 aromatic carbocycles. The molecule has 2 aromatic rings. The normalized spacial score (nSPS) is 12.6. The Bertz CT molecular complexity index is 613. The van der Waals surface area contributed by atoms with E-state index in [4.69, 9.17) is 0 Å². The van der Waals surface area contributed by atoms with Crippen LogP contribution in [0.15, 0.2) is 30.5 Å². The number of carbonyl (C=O) groups excluding carboxylic acids is 1. The average molecular weight is 286 g/mol. The average Bonchev–Trinajstić information content (AvgIpc) is 2.87. The van der Waals surface area contributed by atoms with Crippen LogP contribution in [0.3, 0.4) is 0 Å². The third-order valence-electron chi connectivity index (χ3n) is 4.13. The van der Waals surface area contributed by atoms with Gasteiger partial charge in [0.1, 0.15) is 0 Å². The van der Waals surface area contributed by atoms with Crippen molar-refractivity contribution in [2.24, 2.45) is 0 Å². The Morgan fingerprint density at radius 2 is 2.00 bits per heavy atom. The lowest BCUT2D eigenvalue weighted by molar-refractivity contribution is -0.127. The van der Waals surface area contributed by atoms with E-state index in [-0.39, 0.29) is 5.91 Å². The van der Waals surface area contributed by atoms with Gasteiger partial charge in [0.05, 0.1) is 6.42 Å². The number of carbonyl (C=O) groups is 1. The molecule has 0 N–H and O–H groups in total. The molecule has 3 heteroatoms. The predicted molar refractivity (Wildman–Crippen MR) is 88.6 cm³/mol. The Morgan fingerprint density at radius 3 is 2.62 bits per heavy atom. The molecule has 0 saturated carbocycles. The number of rotatable bonds is 6. The third kappa shape index (κ3) is 3.46. The van der Waals surface area contributed by atoms with E-state index in [1.807, 2.05) is 0 Å². The lowest BCUT2D eigenvalue weighted by Gasteiger charge is -2.18. The maximum atomic E-state index is 11.9. The van der Waals surface area contributed by atoms with E-state index in [1.54, 1.807) is 19.0 Å². The van der Waals surface area contributed by atoms with Crippen LogP contribution in [0.1, 0.15) is 44.7 Å². The molecule has 0 aliphatic rings. The molecule has 1 aromatic heterocycles. The van der Waals surface area contributed by atoms with Crippen LogP contribution in [0.5, 0.6) is 0 Å². The third-order valence-corrected chi connectivity index (χ3v) is 4.13. The van der Waals surface area contributed by atoms with E-state index in [0.29, 0.717) is 12.5 Å². The lowest BCUT2D eigenvalue weighted by Crippen LogP contribution is -2.23. The summed E-state index contributed by atoms with van der Waals surface area (Å²) in [7, 11) is 3.61. The minimum absolute atomic E-state index is 0.146. The molecule has 0 spiro atoms. The maximum Gasteiger partial charge on any atom is 0.226 e. The van der Waals surface area contributed by atoms with Gasteiger partial charge in [0.2, 0.25) is 5.91 Å². The van der Waals surface area contributed by atoms with Crippen LogP contribution in [0.25, 0.3) is 10.9 Å². The van der Waals surface area contributed by atoms with E-state index in [9.17, 15) is 4.79 Å². The van der Waals surface area contributed by atoms with Gasteiger partial charge >= 0.3 is 0 Å². The highest BCUT2D eigenvalue weighted by Crippen LogP contribution is 2.26. The first-order valence-electron chi connectivity index (χ1n) is 7.86. The summed E-state index contributed by atoms with van der Waals surface area (Å²) in [6.07, 6.45) is 6.18. The maximum absolute atomic E-state index is 11.9. The number of amides is 1. The second-order valence-corrected chi connectivity index (χ2v) is 5.93. The number of fused-ring (bicyclic) bond motifs is 1. The van der Waals surface area contributed by atoms with Gasteiger partial charge in [0.25, 0.3) is 0 Å². The molecule has 0 aliphatic carbocycles. The molecule has 1 amide bonds. The second-order valence-electron chi connectivity index (χ2n) is 5.93. The summed E-state index contributed by atoms with van der Waals surface area (Å²) in [5.74, 6) is 0.146. The van der Waals surface area contributed by atoms with Crippen LogP contribution >= 0.6 is 0 Å². The Kier molecular flexibility index (Phi) is 5.05. The Labute approximate surface area is 127 Å². The van der Waals surface area contributed by atoms with Crippen LogP contribution in [0.2, 0.25) is 0 Å². The molecule has 3 nitrogen and oxygen atoms in total. The Morgan fingerprint density at radius 1 is 1.24 bits per heavy atom. The summed E-state index contributed by atoms with van der Waals surface area (Å²) in [5.41, 5.74) is 2.34. The standard InChI is InChI=1S/C18H26N2O/c1-5-7-16(6-2)20-11-10-15-9-8-14(12-17(15)20)13-18(21)19(3)4/h8-12,16H,5-7,13H2,1-4H3. The predicted octanol–water partition coefficient (Wildman–Crippen LogP) is 4.02. The van der Waals surface area contributed by atoms with Crippen LogP contribution in [-0.4, -0.2) is 29.5 Å². The van der Waals surface area contributed by atoms with Crippen molar-refractivity contribution in [1.29, 1.82) is 0 Å². The summed E-state index contributed by atoms with van der Waals surface area (Å²) in [6.45, 7) is 4.47. The quantitative estimate of drug-likeness (QED) is 0.787. The smallest absolute Gasteiger partial charge is 0.226 e. The molecule has 2 rings (SSSR count). The van der Waals surface area contributed by atoms with Crippen LogP contribution in [0.4, 0.5) is 0 Å². The van der Waals surface area contributed by atoms with Crippen molar-refractivity contribution in [3.05, 3.63) is 36.0 Å². The van der Waals surface area contributed by atoms with E-state index < -0.39 is 0 Å². The summed E-state index contributed by atoms with van der Waals surface area (Å²) in [5, 5.41) is 1.26. The largest absolute Gasteiger partial charge is 0.349 e. The molecule has 0 aliphatic heterocycles. The number of likely N-dealkylation sites (N-methyl/N-ethyl adjacent to an activating group) is 1. The highest BCUT2D eigenvalue weighted by molar-refractivity contribution is 5.84. The number of nitrogens with zero attached hydrogens (tertiary/aromatic N) is 2. The highest BCUT2D eigenvalue weighted by Gasteiger charge is 2.12. The van der Waals surface area contributed by atoms with E-state index >= 15 is 0 Å². The summed E-state index contributed by atoms with van der Waals surface area (Å²) < 4.78 is 2.38. The van der Waals surface area contributed by atoms with Gasteiger partial charge in [-0.05, 0) is 35.9 Å². The number of hydrogen-bond donors (Lipinski definition) is 0.